The van der Waals surface area contributed by atoms with Gasteiger partial charge in [0.15, 0.2) is 0 Å². The number of amides is 1. The van der Waals surface area contributed by atoms with Crippen LogP contribution in [0.3, 0.4) is 0 Å². The maximum absolute atomic E-state index is 13.5. The number of carbonyl (C=O) groups excluding carboxylic acids is 1. The molecule has 118 valence electrons. The number of rotatable bonds is 4. The molecule has 1 heterocycles. The van der Waals surface area contributed by atoms with E-state index in [0.717, 1.165) is 4.68 Å². The van der Waals surface area contributed by atoms with E-state index in [1.54, 1.807) is 0 Å². The third-order valence-corrected chi connectivity index (χ3v) is 3.78. The molecule has 1 aromatic heterocycles. The number of hydrogen-bond acceptors (Lipinski definition) is 2. The van der Waals surface area contributed by atoms with Crippen molar-refractivity contribution in [3.8, 4) is 0 Å². The molecular weight excluding hydrogens is 290 g/mol. The molecule has 1 aliphatic carbocycles. The maximum atomic E-state index is 13.5. The quantitative estimate of drug-likeness (QED) is 0.870. The zero-order valence-corrected chi connectivity index (χ0v) is 11.8. The van der Waals surface area contributed by atoms with Crippen LogP contribution in [0.15, 0.2) is 0 Å². The van der Waals surface area contributed by atoms with Gasteiger partial charge >= 0.3 is 0 Å². The highest BCUT2D eigenvalue weighted by Crippen LogP contribution is 2.40. The lowest BCUT2D eigenvalue weighted by Gasteiger charge is -2.12. The molecule has 0 saturated heterocycles. The minimum atomic E-state index is -3.22. The summed E-state index contributed by atoms with van der Waals surface area (Å²) in [6.07, 6.45) is -0.301. The molecule has 1 fully saturated rings. The molecule has 4 nitrogen and oxygen atoms in total. The second-order valence-electron chi connectivity index (χ2n) is 5.72. The van der Waals surface area contributed by atoms with Crippen LogP contribution >= 0.6 is 0 Å². The van der Waals surface area contributed by atoms with Crippen molar-refractivity contribution in [2.24, 2.45) is 11.7 Å². The third-order valence-electron chi connectivity index (χ3n) is 3.78. The fourth-order valence-corrected chi connectivity index (χ4v) is 2.85. The Morgan fingerprint density at radius 1 is 1.52 bits per heavy atom. The van der Waals surface area contributed by atoms with Gasteiger partial charge in [-0.05, 0) is 19.3 Å². The molecule has 0 unspecified atom stereocenters. The minimum Gasteiger partial charge on any atom is -0.364 e. The molecular formula is C13H17F4N3O. The highest BCUT2D eigenvalue weighted by Gasteiger charge is 2.40. The van der Waals surface area contributed by atoms with Crippen molar-refractivity contribution in [2.45, 2.75) is 51.5 Å². The molecule has 1 aliphatic rings. The Bertz CT molecular complexity index is 562. The smallest absolute Gasteiger partial charge is 0.289 e. The number of primary amides is 1. The van der Waals surface area contributed by atoms with Gasteiger partial charge in [0.05, 0.1) is 0 Å². The molecule has 1 aromatic rings. The van der Waals surface area contributed by atoms with Crippen molar-refractivity contribution >= 4 is 5.91 Å². The first-order chi connectivity index (χ1) is 9.51. The molecule has 2 rings (SSSR count). The van der Waals surface area contributed by atoms with Gasteiger partial charge in [-0.25, -0.2) is 8.78 Å². The van der Waals surface area contributed by atoms with Crippen molar-refractivity contribution in [2.75, 3.05) is 0 Å². The summed E-state index contributed by atoms with van der Waals surface area (Å²) >= 11 is 0. The van der Waals surface area contributed by atoms with Crippen LogP contribution in [0.5, 0.6) is 0 Å². The summed E-state index contributed by atoms with van der Waals surface area (Å²) in [5.41, 5.74) is 4.53. The number of nitrogens with zero attached hydrogens (tertiary/aromatic N) is 2. The van der Waals surface area contributed by atoms with Crippen molar-refractivity contribution in [3.63, 3.8) is 0 Å². The molecule has 0 bridgehead atoms. The van der Waals surface area contributed by atoms with Gasteiger partial charge < -0.3 is 5.73 Å². The van der Waals surface area contributed by atoms with Crippen LogP contribution in [-0.2, 0) is 12.5 Å². The summed E-state index contributed by atoms with van der Waals surface area (Å²) in [5.74, 6) is -7.26. The van der Waals surface area contributed by atoms with Gasteiger partial charge in [0.1, 0.15) is 11.4 Å². The molecule has 0 radical (unpaired) electrons. The first-order valence-electron chi connectivity index (χ1n) is 6.64. The van der Waals surface area contributed by atoms with Crippen LogP contribution in [-0.4, -0.2) is 21.6 Å². The van der Waals surface area contributed by atoms with Crippen molar-refractivity contribution < 1.29 is 22.4 Å². The Hall–Kier alpha value is -1.60. The summed E-state index contributed by atoms with van der Waals surface area (Å²) in [5, 5.41) is 3.73. The normalized spacial score (nSPS) is 21.7. The lowest BCUT2D eigenvalue weighted by molar-refractivity contribution is 0.00345. The number of aromatic nitrogens is 2. The summed E-state index contributed by atoms with van der Waals surface area (Å²) in [6.45, 7) is 1.99. The van der Waals surface area contributed by atoms with Crippen molar-refractivity contribution in [1.82, 2.24) is 9.78 Å². The summed E-state index contributed by atoms with van der Waals surface area (Å²) in [4.78, 5) is 11.5. The summed E-state index contributed by atoms with van der Waals surface area (Å²) in [7, 11) is 0. The van der Waals surface area contributed by atoms with Gasteiger partial charge in [0.2, 0.25) is 5.92 Å². The van der Waals surface area contributed by atoms with Gasteiger partial charge in [0, 0.05) is 31.9 Å². The van der Waals surface area contributed by atoms with Crippen LogP contribution in [0.25, 0.3) is 0 Å². The van der Waals surface area contributed by atoms with Crippen LogP contribution in [0.4, 0.5) is 17.6 Å². The van der Waals surface area contributed by atoms with Crippen LogP contribution < -0.4 is 5.73 Å². The molecule has 0 spiro atoms. The molecule has 1 atom stereocenters. The number of hydrogen-bond donors (Lipinski definition) is 1. The Morgan fingerprint density at radius 3 is 2.57 bits per heavy atom. The standard InChI is InChI=1S/C13H17F4N3O/c1-7-9(11(18)21)20(19-10(7)12(2,14)15)6-8-3-4-13(16,17)5-8/h8H,3-6H2,1-2H3,(H2,18,21)/t8-/m0/s1. The van der Waals surface area contributed by atoms with E-state index in [2.05, 4.69) is 5.10 Å². The highest BCUT2D eigenvalue weighted by molar-refractivity contribution is 5.92. The predicted molar refractivity (Wildman–Crippen MR) is 67.3 cm³/mol. The molecule has 0 aliphatic heterocycles. The molecule has 21 heavy (non-hydrogen) atoms. The van der Waals surface area contributed by atoms with Crippen molar-refractivity contribution in [1.29, 1.82) is 0 Å². The third kappa shape index (κ3) is 3.19. The Kier molecular flexibility index (Phi) is 3.75. The van der Waals surface area contributed by atoms with Crippen LogP contribution in [0, 0.1) is 12.8 Å². The second-order valence-corrected chi connectivity index (χ2v) is 5.72. The fourth-order valence-electron chi connectivity index (χ4n) is 2.85. The summed E-state index contributed by atoms with van der Waals surface area (Å²) < 4.78 is 54.4. The van der Waals surface area contributed by atoms with Gasteiger partial charge in [-0.15, -0.1) is 0 Å². The van der Waals surface area contributed by atoms with E-state index in [0.29, 0.717) is 6.92 Å². The average Bonchev–Trinajstić information content (AvgIpc) is 2.79. The van der Waals surface area contributed by atoms with E-state index in [1.807, 2.05) is 0 Å². The zero-order valence-electron chi connectivity index (χ0n) is 11.8. The van der Waals surface area contributed by atoms with Gasteiger partial charge in [-0.1, -0.05) is 0 Å². The van der Waals surface area contributed by atoms with Crippen molar-refractivity contribution in [3.05, 3.63) is 17.0 Å². The monoisotopic (exact) mass is 307 g/mol. The van der Waals surface area contributed by atoms with E-state index in [1.165, 1.54) is 6.92 Å². The lowest BCUT2D eigenvalue weighted by Crippen LogP contribution is -2.21. The maximum Gasteiger partial charge on any atom is 0.289 e. The van der Waals surface area contributed by atoms with Crippen LogP contribution in [0.2, 0.25) is 0 Å². The van der Waals surface area contributed by atoms with Gasteiger partial charge in [-0.2, -0.15) is 13.9 Å². The minimum absolute atomic E-state index is 0.000225. The fraction of sp³-hybridized carbons (Fsp3) is 0.692. The molecule has 8 heteroatoms. The first-order valence-corrected chi connectivity index (χ1v) is 6.64. The zero-order chi connectivity index (χ0) is 16.0. The van der Waals surface area contributed by atoms with E-state index < -0.39 is 29.4 Å². The molecule has 2 N–H and O–H groups in total. The number of alkyl halides is 4. The predicted octanol–water partition coefficient (Wildman–Crippen LogP) is 2.84. The first kappa shape index (κ1) is 15.8. The molecule has 1 saturated carbocycles. The second kappa shape index (κ2) is 4.99. The summed E-state index contributed by atoms with van der Waals surface area (Å²) in [6, 6.07) is 0. The number of nitrogens with two attached hydrogens (primary N) is 1. The lowest BCUT2D eigenvalue weighted by atomic mass is 10.1. The van der Waals surface area contributed by atoms with Gasteiger partial charge in [0.25, 0.3) is 11.8 Å². The topological polar surface area (TPSA) is 60.9 Å². The number of carbonyl (C=O) groups is 1. The van der Waals surface area contributed by atoms with Crippen LogP contribution in [0.1, 0.15) is 47.9 Å². The average molecular weight is 307 g/mol. The molecule has 0 aromatic carbocycles. The Morgan fingerprint density at radius 2 is 2.14 bits per heavy atom. The number of halogens is 4. The van der Waals surface area contributed by atoms with E-state index >= 15 is 0 Å². The Labute approximate surface area is 119 Å². The highest BCUT2D eigenvalue weighted by atomic mass is 19.3. The van der Waals surface area contributed by atoms with E-state index in [-0.39, 0.29) is 37.1 Å². The van der Waals surface area contributed by atoms with E-state index in [9.17, 15) is 22.4 Å². The van der Waals surface area contributed by atoms with Gasteiger partial charge in [-0.3, -0.25) is 9.48 Å². The Balaban J connectivity index is 2.33. The largest absolute Gasteiger partial charge is 0.364 e. The molecule has 1 amide bonds. The SMILES string of the molecule is Cc1c(C(C)(F)F)nn(C[C@H]2CCC(F)(F)C2)c1C(N)=O. The van der Waals surface area contributed by atoms with E-state index in [4.69, 9.17) is 5.73 Å².